The van der Waals surface area contributed by atoms with Gasteiger partial charge in [0.1, 0.15) is 11.9 Å². The van der Waals surface area contributed by atoms with Crippen LogP contribution in [-0.4, -0.2) is 32.0 Å². The Morgan fingerprint density at radius 3 is 2.69 bits per heavy atom. The predicted octanol–water partition coefficient (Wildman–Crippen LogP) is 3.59. The molecule has 0 saturated carbocycles. The molecular weight excluding hydrogens is 490 g/mol. The first kappa shape index (κ1) is 26.1. The first-order valence-corrected chi connectivity index (χ1v) is 13.1. The molecule has 0 saturated heterocycles. The first-order chi connectivity index (χ1) is 18.8. The number of nitrogens with zero attached hydrogens (tertiary/aromatic N) is 4. The molecule has 0 spiro atoms. The summed E-state index contributed by atoms with van der Waals surface area (Å²) in [6.07, 6.45) is 4.63. The number of aromatic nitrogens is 4. The molecule has 4 N–H and O–H groups in total. The van der Waals surface area contributed by atoms with Crippen LogP contribution in [0.2, 0.25) is 0 Å². The van der Waals surface area contributed by atoms with Gasteiger partial charge in [-0.15, -0.1) is 0 Å². The second-order valence-corrected chi connectivity index (χ2v) is 10.1. The van der Waals surface area contributed by atoms with Crippen LogP contribution in [0.5, 0.6) is 0 Å². The van der Waals surface area contributed by atoms with Crippen molar-refractivity contribution in [3.05, 3.63) is 111 Å². The molecule has 9 nitrogen and oxygen atoms in total. The van der Waals surface area contributed by atoms with E-state index in [1.54, 1.807) is 23.0 Å². The van der Waals surface area contributed by atoms with E-state index in [-0.39, 0.29) is 23.2 Å². The van der Waals surface area contributed by atoms with Gasteiger partial charge in [-0.3, -0.25) is 19.1 Å². The van der Waals surface area contributed by atoms with Gasteiger partial charge in [0.05, 0.1) is 0 Å². The van der Waals surface area contributed by atoms with Crippen molar-refractivity contribution in [3.63, 3.8) is 0 Å². The Kier molecular flexibility index (Phi) is 7.40. The van der Waals surface area contributed by atoms with Gasteiger partial charge in [-0.1, -0.05) is 30.3 Å². The van der Waals surface area contributed by atoms with Crippen molar-refractivity contribution >= 4 is 17.5 Å². The summed E-state index contributed by atoms with van der Waals surface area (Å²) >= 11 is 0. The highest BCUT2D eigenvalue weighted by Crippen LogP contribution is 2.27. The largest absolute Gasteiger partial charge is 0.384 e. The van der Waals surface area contributed by atoms with Crippen LogP contribution in [0, 0.1) is 20.8 Å². The van der Waals surface area contributed by atoms with Crippen LogP contribution < -0.4 is 21.9 Å². The van der Waals surface area contributed by atoms with Crippen molar-refractivity contribution in [2.45, 2.75) is 52.1 Å². The number of hydrogen-bond donors (Lipinski definition) is 3. The predicted molar refractivity (Wildman–Crippen MR) is 152 cm³/mol. The van der Waals surface area contributed by atoms with Crippen LogP contribution in [0.15, 0.2) is 65.7 Å². The smallest absolute Gasteiger partial charge is 0.294 e. The number of anilines is 2. The number of nitrogens with one attached hydrogen (secondary N) is 2. The SMILES string of the molecule is Cc1ccc([C@H](CNc2ncc3n(c2=O)[C@H](C(=O)NCc2ccc(N)nc2C)CC3)c2ccccn2)cc1C. The number of rotatable bonds is 8. The molecular formula is C30H33N7O2. The van der Waals surface area contributed by atoms with Gasteiger partial charge in [0.25, 0.3) is 5.56 Å². The Morgan fingerprint density at radius 2 is 1.95 bits per heavy atom. The van der Waals surface area contributed by atoms with Crippen molar-refractivity contribution in [2.75, 3.05) is 17.6 Å². The summed E-state index contributed by atoms with van der Waals surface area (Å²) in [4.78, 5) is 40.0. The Bertz CT molecular complexity index is 1570. The van der Waals surface area contributed by atoms with E-state index in [2.05, 4.69) is 57.6 Å². The third kappa shape index (κ3) is 5.52. The molecule has 0 bridgehead atoms. The van der Waals surface area contributed by atoms with Gasteiger partial charge in [0.15, 0.2) is 5.82 Å². The highest BCUT2D eigenvalue weighted by Gasteiger charge is 2.31. The Morgan fingerprint density at radius 1 is 1.10 bits per heavy atom. The number of nitrogens with two attached hydrogens (primary N) is 1. The molecule has 1 aliphatic rings. The molecule has 1 aromatic carbocycles. The zero-order valence-electron chi connectivity index (χ0n) is 22.4. The molecule has 1 aliphatic heterocycles. The van der Waals surface area contributed by atoms with E-state index >= 15 is 0 Å². The third-order valence-electron chi connectivity index (χ3n) is 7.48. The Balaban J connectivity index is 1.35. The van der Waals surface area contributed by atoms with Gasteiger partial charge < -0.3 is 16.4 Å². The topological polar surface area (TPSA) is 128 Å². The van der Waals surface area contributed by atoms with Crippen LogP contribution in [0.3, 0.4) is 0 Å². The second-order valence-electron chi connectivity index (χ2n) is 10.1. The summed E-state index contributed by atoms with van der Waals surface area (Å²) in [6, 6.07) is 15.2. The van der Waals surface area contributed by atoms with E-state index < -0.39 is 6.04 Å². The van der Waals surface area contributed by atoms with Crippen LogP contribution in [0.1, 0.15) is 57.7 Å². The fourth-order valence-corrected chi connectivity index (χ4v) is 5.06. The van der Waals surface area contributed by atoms with Gasteiger partial charge in [-0.25, -0.2) is 9.97 Å². The van der Waals surface area contributed by atoms with Gasteiger partial charge in [0.2, 0.25) is 5.91 Å². The number of pyridine rings is 2. The number of carbonyl (C=O) groups is 1. The van der Waals surface area contributed by atoms with E-state index in [0.717, 1.165) is 28.2 Å². The lowest BCUT2D eigenvalue weighted by Crippen LogP contribution is -2.36. The Labute approximate surface area is 227 Å². The van der Waals surface area contributed by atoms with E-state index in [4.69, 9.17) is 5.73 Å². The number of aryl methyl sites for hydroxylation is 4. The molecule has 0 unspecified atom stereocenters. The zero-order chi connectivity index (χ0) is 27.5. The molecule has 2 atom stereocenters. The fourth-order valence-electron chi connectivity index (χ4n) is 5.06. The summed E-state index contributed by atoms with van der Waals surface area (Å²) in [5.74, 6) is 0.377. The van der Waals surface area contributed by atoms with Gasteiger partial charge >= 0.3 is 0 Å². The normalized spacial score (nSPS) is 15.0. The van der Waals surface area contributed by atoms with E-state index in [1.807, 2.05) is 31.2 Å². The highest BCUT2D eigenvalue weighted by atomic mass is 16.2. The Hall–Kier alpha value is -4.53. The lowest BCUT2D eigenvalue weighted by Gasteiger charge is -2.20. The maximum Gasteiger partial charge on any atom is 0.294 e. The van der Waals surface area contributed by atoms with Crippen LogP contribution in [0.25, 0.3) is 0 Å². The number of nitrogen functional groups attached to an aromatic ring is 1. The summed E-state index contributed by atoms with van der Waals surface area (Å²) in [7, 11) is 0. The van der Waals surface area contributed by atoms with Gasteiger partial charge in [-0.2, -0.15) is 0 Å². The fraction of sp³-hybridized carbons (Fsp3) is 0.300. The first-order valence-electron chi connectivity index (χ1n) is 13.1. The molecule has 200 valence electrons. The van der Waals surface area contributed by atoms with Gasteiger partial charge in [-0.05, 0) is 74.1 Å². The minimum Gasteiger partial charge on any atom is -0.384 e. The maximum atomic E-state index is 13.5. The van der Waals surface area contributed by atoms with Crippen LogP contribution in [0.4, 0.5) is 11.6 Å². The van der Waals surface area contributed by atoms with Crippen LogP contribution in [-0.2, 0) is 17.8 Å². The molecule has 9 heteroatoms. The molecule has 5 rings (SSSR count). The van der Waals surface area contributed by atoms with Gasteiger partial charge in [0, 0.05) is 48.5 Å². The van der Waals surface area contributed by atoms with Crippen LogP contribution >= 0.6 is 0 Å². The molecule has 0 radical (unpaired) electrons. The molecule has 0 fully saturated rings. The summed E-state index contributed by atoms with van der Waals surface area (Å²) < 4.78 is 1.57. The number of hydrogen-bond acceptors (Lipinski definition) is 7. The maximum absolute atomic E-state index is 13.5. The van der Waals surface area contributed by atoms with E-state index in [9.17, 15) is 9.59 Å². The number of fused-ring (bicyclic) bond motifs is 1. The summed E-state index contributed by atoms with van der Waals surface area (Å²) in [5.41, 5.74) is 12.3. The minimum absolute atomic E-state index is 0.0826. The number of benzene rings is 1. The third-order valence-corrected chi connectivity index (χ3v) is 7.48. The standard InChI is InChI=1S/C30H33N7O2/c1-18-7-8-21(14-19(18)2)24(25-6-4-5-13-32-25)17-34-28-30(39)37-23(16-33-28)10-11-26(37)29(38)35-15-22-9-12-27(31)36-20(22)3/h4-9,12-14,16,24,26H,10-11,15,17H2,1-3H3,(H2,31,36)(H,33,34)(H,35,38)/t24-,26-/m0/s1. The quantitative estimate of drug-likeness (QED) is 0.322. The number of carbonyl (C=O) groups excluding carboxylic acids is 1. The molecule has 39 heavy (non-hydrogen) atoms. The summed E-state index contributed by atoms with van der Waals surface area (Å²) in [5, 5.41) is 6.23. The monoisotopic (exact) mass is 523 g/mol. The average Bonchev–Trinajstić information content (AvgIpc) is 3.37. The van der Waals surface area contributed by atoms with Crippen molar-refractivity contribution < 1.29 is 4.79 Å². The van der Waals surface area contributed by atoms with E-state index in [0.29, 0.717) is 31.7 Å². The molecule has 0 aliphatic carbocycles. The molecule has 3 aromatic heterocycles. The highest BCUT2D eigenvalue weighted by molar-refractivity contribution is 5.81. The summed E-state index contributed by atoms with van der Waals surface area (Å²) in [6.45, 7) is 6.78. The molecule has 4 aromatic rings. The van der Waals surface area contributed by atoms with Crippen molar-refractivity contribution in [1.82, 2.24) is 24.8 Å². The minimum atomic E-state index is -0.593. The lowest BCUT2D eigenvalue weighted by molar-refractivity contribution is -0.124. The second kappa shape index (κ2) is 11.1. The average molecular weight is 524 g/mol. The van der Waals surface area contributed by atoms with Crippen molar-refractivity contribution in [3.8, 4) is 0 Å². The number of amides is 1. The lowest BCUT2D eigenvalue weighted by atomic mass is 9.92. The molecule has 1 amide bonds. The molecule has 4 heterocycles. The van der Waals surface area contributed by atoms with Crippen molar-refractivity contribution in [2.24, 2.45) is 0 Å². The van der Waals surface area contributed by atoms with E-state index in [1.165, 1.54) is 11.1 Å². The zero-order valence-corrected chi connectivity index (χ0v) is 22.4. The van der Waals surface area contributed by atoms with Crippen molar-refractivity contribution in [1.29, 1.82) is 0 Å².